The van der Waals surface area contributed by atoms with Gasteiger partial charge in [0.1, 0.15) is 5.75 Å². The number of halogens is 1. The van der Waals surface area contributed by atoms with Crippen LogP contribution >= 0.6 is 15.9 Å². The molecule has 0 saturated carbocycles. The van der Waals surface area contributed by atoms with Crippen molar-refractivity contribution in [3.05, 3.63) is 40.4 Å². The van der Waals surface area contributed by atoms with Crippen LogP contribution in [-0.4, -0.2) is 13.7 Å². The molecule has 0 saturated heterocycles. The lowest BCUT2D eigenvalue weighted by molar-refractivity contribution is 0.319. The normalized spacial score (nSPS) is 10.2. The summed E-state index contributed by atoms with van der Waals surface area (Å²) in [5.41, 5.74) is 2.38. The molecule has 0 unspecified atom stereocenters. The Labute approximate surface area is 106 Å². The summed E-state index contributed by atoms with van der Waals surface area (Å²) in [6.07, 6.45) is 0.894. The van der Waals surface area contributed by atoms with Gasteiger partial charge in [-0.1, -0.05) is 11.6 Å². The van der Waals surface area contributed by atoms with Crippen LogP contribution in [0.1, 0.15) is 18.9 Å². The molecule has 16 heavy (non-hydrogen) atoms. The Morgan fingerprint density at radius 2 is 2.25 bits per heavy atom. The Balaban J connectivity index is 2.57. The summed E-state index contributed by atoms with van der Waals surface area (Å²) < 4.78 is 6.65. The van der Waals surface area contributed by atoms with E-state index in [9.17, 15) is 0 Å². The highest BCUT2D eigenvalue weighted by Gasteiger charge is 2.02. The van der Waals surface area contributed by atoms with Crippen LogP contribution in [0, 0.1) is 0 Å². The summed E-state index contributed by atoms with van der Waals surface area (Å²) in [6.45, 7) is 7.40. The van der Waals surface area contributed by atoms with Crippen LogP contribution in [0.5, 0.6) is 5.75 Å². The van der Waals surface area contributed by atoms with Gasteiger partial charge in [-0.15, -0.1) is 6.58 Å². The number of hydrogen-bond acceptors (Lipinski definition) is 2. The van der Waals surface area contributed by atoms with Crippen molar-refractivity contribution in [2.45, 2.75) is 19.9 Å². The van der Waals surface area contributed by atoms with E-state index in [-0.39, 0.29) is 0 Å². The van der Waals surface area contributed by atoms with Crippen LogP contribution in [0.25, 0.3) is 0 Å². The molecule has 0 atom stereocenters. The van der Waals surface area contributed by atoms with Gasteiger partial charge in [-0.2, -0.15) is 0 Å². The smallest absolute Gasteiger partial charge is 0.133 e. The van der Waals surface area contributed by atoms with Crippen molar-refractivity contribution in [3.63, 3.8) is 0 Å². The van der Waals surface area contributed by atoms with E-state index in [1.165, 1.54) is 5.56 Å². The molecule has 0 aliphatic heterocycles. The Hall–Kier alpha value is -0.800. The monoisotopic (exact) mass is 283 g/mol. The van der Waals surface area contributed by atoms with Crippen LogP contribution in [-0.2, 0) is 6.54 Å². The molecule has 0 aliphatic rings. The summed E-state index contributed by atoms with van der Waals surface area (Å²) in [7, 11) is 1.94. The van der Waals surface area contributed by atoms with Gasteiger partial charge in [-0.25, -0.2) is 0 Å². The zero-order valence-electron chi connectivity index (χ0n) is 9.85. The van der Waals surface area contributed by atoms with Gasteiger partial charge in [0.25, 0.3) is 0 Å². The fraction of sp³-hybridized carbons (Fsp3) is 0.385. The van der Waals surface area contributed by atoms with Crippen molar-refractivity contribution < 1.29 is 4.74 Å². The lowest BCUT2D eigenvalue weighted by Crippen LogP contribution is -2.05. The van der Waals surface area contributed by atoms with Crippen LogP contribution < -0.4 is 10.1 Å². The number of hydrogen-bond donors (Lipinski definition) is 1. The van der Waals surface area contributed by atoms with Gasteiger partial charge < -0.3 is 10.1 Å². The summed E-state index contributed by atoms with van der Waals surface area (Å²) in [6, 6.07) is 6.14. The molecule has 0 spiro atoms. The van der Waals surface area contributed by atoms with Crippen molar-refractivity contribution in [1.82, 2.24) is 5.32 Å². The molecule has 0 aliphatic carbocycles. The van der Waals surface area contributed by atoms with Crippen LogP contribution in [0.3, 0.4) is 0 Å². The van der Waals surface area contributed by atoms with Gasteiger partial charge in [-0.3, -0.25) is 0 Å². The first-order valence-corrected chi connectivity index (χ1v) is 6.13. The third kappa shape index (κ3) is 4.37. The molecule has 88 valence electrons. The summed E-state index contributed by atoms with van der Waals surface area (Å²) in [5.74, 6) is 0.890. The molecule has 1 aromatic rings. The third-order valence-corrected chi connectivity index (χ3v) is 2.78. The predicted molar refractivity (Wildman–Crippen MR) is 71.8 cm³/mol. The van der Waals surface area contributed by atoms with E-state index in [1.807, 2.05) is 20.0 Å². The quantitative estimate of drug-likeness (QED) is 0.807. The molecule has 0 radical (unpaired) electrons. The van der Waals surface area contributed by atoms with Crippen molar-refractivity contribution in [2.24, 2.45) is 0 Å². The number of benzene rings is 1. The summed E-state index contributed by atoms with van der Waals surface area (Å²) in [5, 5.41) is 3.12. The van der Waals surface area contributed by atoms with E-state index in [0.717, 1.165) is 28.8 Å². The Morgan fingerprint density at radius 1 is 1.50 bits per heavy atom. The lowest BCUT2D eigenvalue weighted by Gasteiger charge is -2.09. The second-order valence-electron chi connectivity index (χ2n) is 3.85. The third-order valence-electron chi connectivity index (χ3n) is 2.16. The number of ether oxygens (including phenoxy) is 1. The highest BCUT2D eigenvalue weighted by atomic mass is 79.9. The maximum atomic E-state index is 5.65. The number of rotatable bonds is 6. The first kappa shape index (κ1) is 13.3. The second kappa shape index (κ2) is 6.71. The molecule has 0 amide bonds. The average molecular weight is 284 g/mol. The van der Waals surface area contributed by atoms with E-state index in [0.29, 0.717) is 6.61 Å². The van der Waals surface area contributed by atoms with Gasteiger partial charge >= 0.3 is 0 Å². The Bertz CT molecular complexity index is 363. The highest BCUT2D eigenvalue weighted by molar-refractivity contribution is 9.10. The molecule has 1 N–H and O–H groups in total. The maximum Gasteiger partial charge on any atom is 0.133 e. The van der Waals surface area contributed by atoms with E-state index in [4.69, 9.17) is 4.74 Å². The largest absolute Gasteiger partial charge is 0.492 e. The number of nitrogens with one attached hydrogen (secondary N) is 1. The Kier molecular flexibility index (Phi) is 5.56. The minimum absolute atomic E-state index is 0.680. The van der Waals surface area contributed by atoms with Gasteiger partial charge in [0, 0.05) is 13.0 Å². The summed E-state index contributed by atoms with van der Waals surface area (Å²) >= 11 is 3.51. The minimum atomic E-state index is 0.680. The molecule has 0 bridgehead atoms. The first-order valence-electron chi connectivity index (χ1n) is 5.33. The molecule has 3 heteroatoms. The van der Waals surface area contributed by atoms with E-state index in [2.05, 4.69) is 40.0 Å². The van der Waals surface area contributed by atoms with Gasteiger partial charge in [-0.05, 0) is 47.6 Å². The predicted octanol–water partition coefficient (Wildman–Crippen LogP) is 3.51. The van der Waals surface area contributed by atoms with Crippen molar-refractivity contribution >= 4 is 15.9 Å². The van der Waals surface area contributed by atoms with E-state index >= 15 is 0 Å². The zero-order chi connectivity index (χ0) is 12.0. The fourth-order valence-electron chi connectivity index (χ4n) is 1.31. The topological polar surface area (TPSA) is 21.3 Å². The molecule has 0 heterocycles. The maximum absolute atomic E-state index is 5.65. The Morgan fingerprint density at radius 3 is 2.81 bits per heavy atom. The molecular formula is C13H18BrNO. The first-order chi connectivity index (χ1) is 7.63. The molecule has 1 aromatic carbocycles. The van der Waals surface area contributed by atoms with E-state index < -0.39 is 0 Å². The SMILES string of the molecule is C=C(C)CCOc1ccc(CNC)cc1Br. The van der Waals surface area contributed by atoms with Crippen molar-refractivity contribution in [2.75, 3.05) is 13.7 Å². The van der Waals surface area contributed by atoms with E-state index in [1.54, 1.807) is 0 Å². The zero-order valence-corrected chi connectivity index (χ0v) is 11.4. The minimum Gasteiger partial charge on any atom is -0.492 e. The van der Waals surface area contributed by atoms with Gasteiger partial charge in [0.05, 0.1) is 11.1 Å². The molecule has 2 nitrogen and oxygen atoms in total. The molecule has 0 fully saturated rings. The second-order valence-corrected chi connectivity index (χ2v) is 4.71. The van der Waals surface area contributed by atoms with Gasteiger partial charge in [0.2, 0.25) is 0 Å². The average Bonchev–Trinajstić information content (AvgIpc) is 2.21. The lowest BCUT2D eigenvalue weighted by atomic mass is 10.2. The summed E-state index contributed by atoms with van der Waals surface area (Å²) in [4.78, 5) is 0. The van der Waals surface area contributed by atoms with Crippen LogP contribution in [0.15, 0.2) is 34.8 Å². The fourth-order valence-corrected chi connectivity index (χ4v) is 1.85. The molecular weight excluding hydrogens is 266 g/mol. The van der Waals surface area contributed by atoms with Crippen molar-refractivity contribution in [1.29, 1.82) is 0 Å². The molecule has 0 aromatic heterocycles. The van der Waals surface area contributed by atoms with Crippen LogP contribution in [0.2, 0.25) is 0 Å². The van der Waals surface area contributed by atoms with Gasteiger partial charge in [0.15, 0.2) is 0 Å². The van der Waals surface area contributed by atoms with Crippen molar-refractivity contribution in [3.8, 4) is 5.75 Å². The molecule has 1 rings (SSSR count). The van der Waals surface area contributed by atoms with Crippen LogP contribution in [0.4, 0.5) is 0 Å². The standard InChI is InChI=1S/C13H18BrNO/c1-10(2)6-7-16-13-5-4-11(9-15-3)8-12(13)14/h4-5,8,15H,1,6-7,9H2,2-3H3. The highest BCUT2D eigenvalue weighted by Crippen LogP contribution is 2.26.